The van der Waals surface area contributed by atoms with Gasteiger partial charge >= 0.3 is 12.1 Å². The van der Waals surface area contributed by atoms with Crippen molar-refractivity contribution in [2.75, 3.05) is 23.8 Å². The van der Waals surface area contributed by atoms with Crippen LogP contribution in [0.1, 0.15) is 25.3 Å². The van der Waals surface area contributed by atoms with Crippen LogP contribution in [0.5, 0.6) is 0 Å². The first kappa shape index (κ1) is 23.1. The monoisotopic (exact) mass is 475 g/mol. The Bertz CT molecular complexity index is 1210. The highest BCUT2D eigenvalue weighted by atomic mass is 16.6. The molecule has 3 amide bonds. The van der Waals surface area contributed by atoms with E-state index in [1.165, 1.54) is 5.56 Å². The number of nitrogens with one attached hydrogen (secondary N) is 3. The third-order valence-corrected chi connectivity index (χ3v) is 6.44. The predicted molar refractivity (Wildman–Crippen MR) is 134 cm³/mol. The molecule has 0 radical (unpaired) electrons. The standard InChI is InChI=1S/C27H29N3O5/c1-16(2)17-10-12-19(13-11-17)28-26(31)29-22-14-33-25-23(15-34-24(22)25)35-27(32)30-21-9-5-7-18-6-3-4-8-20(18)21/h3-13,16,22-25H,14-15H2,1-2H3,(H,30,32)(H2,28,29,31)/t22-,23+,24+,25+/m0/s1. The van der Waals surface area contributed by atoms with E-state index in [-0.39, 0.29) is 31.4 Å². The van der Waals surface area contributed by atoms with Crippen LogP contribution in [-0.4, -0.2) is 49.7 Å². The summed E-state index contributed by atoms with van der Waals surface area (Å²) in [5, 5.41) is 10.5. The van der Waals surface area contributed by atoms with Gasteiger partial charge in [-0.05, 0) is 35.1 Å². The average molecular weight is 476 g/mol. The first-order valence-electron chi connectivity index (χ1n) is 11.8. The molecule has 2 fully saturated rings. The molecule has 0 spiro atoms. The summed E-state index contributed by atoms with van der Waals surface area (Å²) in [6.45, 7) is 4.73. The van der Waals surface area contributed by atoms with Gasteiger partial charge in [-0.1, -0.05) is 62.4 Å². The summed E-state index contributed by atoms with van der Waals surface area (Å²) in [6.07, 6.45) is -1.96. The van der Waals surface area contributed by atoms with E-state index in [1.54, 1.807) is 0 Å². The van der Waals surface area contributed by atoms with Crippen LogP contribution in [0.2, 0.25) is 0 Å². The molecule has 3 aromatic carbocycles. The molecule has 182 valence electrons. The molecule has 3 N–H and O–H groups in total. The normalized spacial score (nSPS) is 23.2. The van der Waals surface area contributed by atoms with E-state index < -0.39 is 18.3 Å². The molecule has 4 atom stereocenters. The van der Waals surface area contributed by atoms with E-state index in [1.807, 2.05) is 66.7 Å². The van der Waals surface area contributed by atoms with Gasteiger partial charge in [0.2, 0.25) is 0 Å². The highest BCUT2D eigenvalue weighted by molar-refractivity contribution is 6.00. The maximum atomic E-state index is 12.6. The van der Waals surface area contributed by atoms with Gasteiger partial charge in [-0.3, -0.25) is 5.32 Å². The lowest BCUT2D eigenvalue weighted by atomic mass is 10.0. The number of urea groups is 1. The van der Waals surface area contributed by atoms with Crippen molar-refractivity contribution in [3.8, 4) is 0 Å². The first-order chi connectivity index (χ1) is 17.0. The van der Waals surface area contributed by atoms with Crippen LogP contribution < -0.4 is 16.0 Å². The number of rotatable bonds is 5. The van der Waals surface area contributed by atoms with E-state index in [2.05, 4.69) is 29.8 Å². The zero-order valence-electron chi connectivity index (χ0n) is 19.7. The van der Waals surface area contributed by atoms with Gasteiger partial charge in [0.1, 0.15) is 12.2 Å². The molecular weight excluding hydrogens is 446 g/mol. The van der Waals surface area contributed by atoms with Crippen molar-refractivity contribution < 1.29 is 23.8 Å². The number of hydrogen-bond acceptors (Lipinski definition) is 5. The molecule has 2 saturated heterocycles. The molecule has 0 aliphatic carbocycles. The maximum absolute atomic E-state index is 12.6. The smallest absolute Gasteiger partial charge is 0.412 e. The molecule has 2 heterocycles. The third-order valence-electron chi connectivity index (χ3n) is 6.44. The zero-order chi connectivity index (χ0) is 24.4. The van der Waals surface area contributed by atoms with Crippen molar-refractivity contribution in [1.29, 1.82) is 0 Å². The Hall–Kier alpha value is -3.62. The van der Waals surface area contributed by atoms with Crippen molar-refractivity contribution in [3.63, 3.8) is 0 Å². The van der Waals surface area contributed by atoms with E-state index >= 15 is 0 Å². The van der Waals surface area contributed by atoms with Gasteiger partial charge in [0.25, 0.3) is 0 Å². The second-order valence-corrected chi connectivity index (χ2v) is 9.17. The van der Waals surface area contributed by atoms with Gasteiger partial charge in [0.05, 0.1) is 24.9 Å². The number of anilines is 2. The number of ether oxygens (including phenoxy) is 3. The lowest BCUT2D eigenvalue weighted by Gasteiger charge is -2.18. The fraction of sp³-hybridized carbons (Fsp3) is 0.333. The number of hydrogen-bond donors (Lipinski definition) is 3. The van der Waals surface area contributed by atoms with Crippen LogP contribution in [0.4, 0.5) is 21.0 Å². The van der Waals surface area contributed by atoms with E-state index in [0.717, 1.165) is 10.8 Å². The minimum absolute atomic E-state index is 0.203. The van der Waals surface area contributed by atoms with Crippen LogP contribution in [0.15, 0.2) is 66.7 Å². The minimum Gasteiger partial charge on any atom is -0.441 e. The van der Waals surface area contributed by atoms with Gasteiger partial charge in [0, 0.05) is 11.1 Å². The fourth-order valence-electron chi connectivity index (χ4n) is 4.59. The molecule has 2 aliphatic heterocycles. The van der Waals surface area contributed by atoms with Crippen LogP contribution >= 0.6 is 0 Å². The predicted octanol–water partition coefficient (Wildman–Crippen LogP) is 4.87. The van der Waals surface area contributed by atoms with Crippen molar-refractivity contribution in [2.24, 2.45) is 0 Å². The van der Waals surface area contributed by atoms with Crippen LogP contribution in [0.25, 0.3) is 10.8 Å². The molecule has 8 heteroatoms. The largest absolute Gasteiger partial charge is 0.441 e. The Morgan fingerprint density at radius 1 is 0.886 bits per heavy atom. The van der Waals surface area contributed by atoms with Gasteiger partial charge < -0.3 is 24.8 Å². The highest BCUT2D eigenvalue weighted by Crippen LogP contribution is 2.30. The summed E-state index contributed by atoms with van der Waals surface area (Å²) in [5.74, 6) is 0.425. The van der Waals surface area contributed by atoms with Gasteiger partial charge in [-0.2, -0.15) is 0 Å². The van der Waals surface area contributed by atoms with E-state index in [4.69, 9.17) is 14.2 Å². The topological polar surface area (TPSA) is 97.9 Å². The second kappa shape index (κ2) is 9.93. The molecule has 0 saturated carbocycles. The molecular formula is C27H29N3O5. The quantitative estimate of drug-likeness (QED) is 0.489. The van der Waals surface area contributed by atoms with Gasteiger partial charge in [0.15, 0.2) is 6.10 Å². The fourth-order valence-corrected chi connectivity index (χ4v) is 4.59. The number of carbonyl (C=O) groups is 2. The third kappa shape index (κ3) is 5.08. The van der Waals surface area contributed by atoms with E-state index in [9.17, 15) is 9.59 Å². The summed E-state index contributed by atoms with van der Waals surface area (Å²) >= 11 is 0. The van der Waals surface area contributed by atoms with Crippen LogP contribution in [0, 0.1) is 0 Å². The molecule has 0 unspecified atom stereocenters. The Labute approximate surface area is 203 Å². The summed E-state index contributed by atoms with van der Waals surface area (Å²) in [4.78, 5) is 25.1. The first-order valence-corrected chi connectivity index (χ1v) is 11.8. The maximum Gasteiger partial charge on any atom is 0.412 e. The molecule has 5 rings (SSSR count). The molecule has 0 aromatic heterocycles. The number of fused-ring (bicyclic) bond motifs is 2. The number of benzene rings is 3. The minimum atomic E-state index is -0.571. The molecule has 3 aromatic rings. The summed E-state index contributed by atoms with van der Waals surface area (Å²) < 4.78 is 17.3. The van der Waals surface area contributed by atoms with Crippen LogP contribution in [-0.2, 0) is 14.2 Å². The molecule has 0 bridgehead atoms. The van der Waals surface area contributed by atoms with Crippen molar-refractivity contribution in [1.82, 2.24) is 5.32 Å². The zero-order valence-corrected chi connectivity index (χ0v) is 19.7. The lowest BCUT2D eigenvalue weighted by Crippen LogP contribution is -2.46. The SMILES string of the molecule is CC(C)c1ccc(NC(=O)N[C@H]2CO[C@H]3[C@@H]2OC[C@H]3OC(=O)Nc2cccc3ccccc23)cc1. The van der Waals surface area contributed by atoms with Crippen LogP contribution in [0.3, 0.4) is 0 Å². The Morgan fingerprint density at radius 3 is 2.43 bits per heavy atom. The van der Waals surface area contributed by atoms with Crippen molar-refractivity contribution in [2.45, 2.75) is 44.1 Å². The van der Waals surface area contributed by atoms with E-state index in [0.29, 0.717) is 17.3 Å². The van der Waals surface area contributed by atoms with Crippen molar-refractivity contribution >= 4 is 34.3 Å². The Balaban J connectivity index is 1.14. The van der Waals surface area contributed by atoms with Gasteiger partial charge in [-0.15, -0.1) is 0 Å². The average Bonchev–Trinajstić information content (AvgIpc) is 3.43. The number of carbonyl (C=O) groups excluding carboxylic acids is 2. The number of amides is 3. The van der Waals surface area contributed by atoms with Gasteiger partial charge in [-0.25, -0.2) is 9.59 Å². The Morgan fingerprint density at radius 2 is 1.63 bits per heavy atom. The Kier molecular flexibility index (Phi) is 6.57. The summed E-state index contributed by atoms with van der Waals surface area (Å²) in [5.41, 5.74) is 2.59. The molecule has 35 heavy (non-hydrogen) atoms. The molecule has 8 nitrogen and oxygen atoms in total. The van der Waals surface area contributed by atoms with Crippen molar-refractivity contribution in [3.05, 3.63) is 72.3 Å². The lowest BCUT2D eigenvalue weighted by molar-refractivity contribution is 0.00874. The summed E-state index contributed by atoms with van der Waals surface area (Å²) in [6, 6.07) is 20.6. The highest BCUT2D eigenvalue weighted by Gasteiger charge is 2.50. The summed E-state index contributed by atoms with van der Waals surface area (Å²) in [7, 11) is 0. The molecule has 2 aliphatic rings. The second-order valence-electron chi connectivity index (χ2n) is 9.17.